The van der Waals surface area contributed by atoms with Gasteiger partial charge in [0.1, 0.15) is 12.4 Å². The number of nitrogens with zero attached hydrogens (tertiary/aromatic N) is 1. The summed E-state index contributed by atoms with van der Waals surface area (Å²) in [6.45, 7) is 6.17. The van der Waals surface area contributed by atoms with Gasteiger partial charge in [0, 0.05) is 10.7 Å². The molecule has 4 nitrogen and oxygen atoms in total. The summed E-state index contributed by atoms with van der Waals surface area (Å²) in [5.41, 5.74) is 1.13. The van der Waals surface area contributed by atoms with Crippen molar-refractivity contribution in [2.75, 3.05) is 18.5 Å². The molecule has 1 rings (SSSR count). The van der Waals surface area contributed by atoms with Gasteiger partial charge in [0.15, 0.2) is 0 Å². The molecule has 0 aliphatic heterocycles. The average molecular weight is 360 g/mol. The number of nitrogens with one attached hydrogen (secondary N) is 1. The molecule has 1 heterocycles. The Balaban J connectivity index is 2.24. The maximum Gasteiger partial charge on any atom is 0.251 e. The van der Waals surface area contributed by atoms with Crippen molar-refractivity contribution < 1.29 is 9.53 Å². The van der Waals surface area contributed by atoms with Gasteiger partial charge >= 0.3 is 0 Å². The molecule has 1 aromatic heterocycles. The molecule has 1 amide bonds. The second-order valence-electron chi connectivity index (χ2n) is 4.15. The first kappa shape index (κ1) is 16.9. The summed E-state index contributed by atoms with van der Waals surface area (Å²) < 4.78 is 6.11. The third-order valence-corrected chi connectivity index (χ3v) is 2.72. The predicted molar refractivity (Wildman–Crippen MR) is 85.1 cm³/mol. The van der Waals surface area contributed by atoms with Crippen LogP contribution in [0.25, 0.3) is 0 Å². The summed E-state index contributed by atoms with van der Waals surface area (Å²) >= 11 is 8.96. The number of carbonyl (C=O) groups excluding carboxylic acids is 1. The van der Waals surface area contributed by atoms with E-state index < -0.39 is 0 Å². The van der Waals surface area contributed by atoms with Crippen LogP contribution in [0.5, 0.6) is 0 Å². The number of aromatic nitrogens is 1. The quantitative estimate of drug-likeness (QED) is 0.593. The molecule has 0 atom stereocenters. The highest BCUT2D eigenvalue weighted by Gasteiger charge is 2.03. The summed E-state index contributed by atoms with van der Waals surface area (Å²) in [7, 11) is 0. The van der Waals surface area contributed by atoms with Gasteiger partial charge in [-0.25, -0.2) is 4.98 Å². The second kappa shape index (κ2) is 8.89. The second-order valence-corrected chi connectivity index (χ2v) is 5.60. The fourth-order valence-corrected chi connectivity index (χ4v) is 1.87. The van der Waals surface area contributed by atoms with Crippen molar-refractivity contribution in [3.63, 3.8) is 0 Å². The molecule has 108 valence electrons. The first-order valence-electron chi connectivity index (χ1n) is 5.98. The topological polar surface area (TPSA) is 51.2 Å². The normalized spacial score (nSPS) is 11.2. The first-order chi connectivity index (χ1) is 9.47. The highest BCUT2D eigenvalue weighted by Crippen LogP contribution is 2.10. The molecule has 0 radical (unpaired) electrons. The van der Waals surface area contributed by atoms with E-state index in [4.69, 9.17) is 16.3 Å². The van der Waals surface area contributed by atoms with Crippen molar-refractivity contribution in [1.82, 2.24) is 4.98 Å². The third-order valence-electron chi connectivity index (χ3n) is 2.27. The fourth-order valence-electron chi connectivity index (χ4n) is 1.37. The number of amides is 1. The van der Waals surface area contributed by atoms with Crippen molar-refractivity contribution in [2.24, 2.45) is 0 Å². The molecule has 0 unspecified atom stereocenters. The number of hydrogen-bond donors (Lipinski definition) is 1. The van der Waals surface area contributed by atoms with Crippen LogP contribution >= 0.6 is 27.5 Å². The van der Waals surface area contributed by atoms with Crippen LogP contribution in [0.2, 0.25) is 5.02 Å². The van der Waals surface area contributed by atoms with E-state index in [1.54, 1.807) is 12.1 Å². The van der Waals surface area contributed by atoms with E-state index in [2.05, 4.69) is 32.8 Å². The summed E-state index contributed by atoms with van der Waals surface area (Å²) in [4.78, 5) is 15.5. The first-order valence-corrected chi connectivity index (χ1v) is 7.15. The number of pyridine rings is 1. The van der Waals surface area contributed by atoms with Crippen molar-refractivity contribution in [1.29, 1.82) is 0 Å². The Morgan fingerprint density at radius 1 is 1.60 bits per heavy atom. The van der Waals surface area contributed by atoms with Gasteiger partial charge in [-0.3, -0.25) is 4.79 Å². The molecule has 0 aromatic carbocycles. The Hall–Kier alpha value is -1.17. The van der Waals surface area contributed by atoms with Gasteiger partial charge in [0.05, 0.1) is 11.6 Å². The lowest BCUT2D eigenvalue weighted by Gasteiger charge is -2.06. The highest BCUT2D eigenvalue weighted by molar-refractivity contribution is 9.11. The number of anilines is 1. The summed E-state index contributed by atoms with van der Waals surface area (Å²) in [5.74, 6) is 0.209. The Kier molecular flexibility index (Phi) is 7.51. The number of carbonyl (C=O) groups is 1. The van der Waals surface area contributed by atoms with E-state index in [-0.39, 0.29) is 12.5 Å². The average Bonchev–Trinajstić information content (AvgIpc) is 2.37. The minimum Gasteiger partial charge on any atom is -0.371 e. The smallest absolute Gasteiger partial charge is 0.251 e. The van der Waals surface area contributed by atoms with Crippen LogP contribution < -0.4 is 5.32 Å². The Morgan fingerprint density at radius 3 is 2.95 bits per heavy atom. The van der Waals surface area contributed by atoms with E-state index in [1.807, 2.05) is 13.0 Å². The minimum absolute atomic E-state index is 0.00710. The van der Waals surface area contributed by atoms with Crippen molar-refractivity contribution in [3.8, 4) is 0 Å². The van der Waals surface area contributed by atoms with E-state index in [1.165, 1.54) is 6.20 Å². The zero-order valence-electron chi connectivity index (χ0n) is 11.2. The van der Waals surface area contributed by atoms with Gasteiger partial charge in [-0.1, -0.05) is 39.7 Å². The van der Waals surface area contributed by atoms with Crippen molar-refractivity contribution in [3.05, 3.63) is 46.1 Å². The zero-order chi connectivity index (χ0) is 15.0. The molecule has 0 bridgehead atoms. The van der Waals surface area contributed by atoms with Gasteiger partial charge in [-0.05, 0) is 31.6 Å². The molecule has 0 saturated carbocycles. The highest BCUT2D eigenvalue weighted by atomic mass is 79.9. The van der Waals surface area contributed by atoms with Crippen LogP contribution in [0, 0.1) is 0 Å². The van der Waals surface area contributed by atoms with Gasteiger partial charge in [0.25, 0.3) is 5.91 Å². The van der Waals surface area contributed by atoms with Crippen LogP contribution in [0.4, 0.5) is 5.82 Å². The predicted octanol–water partition coefficient (Wildman–Crippen LogP) is 3.94. The standard InChI is InChI=1S/C14H16BrClN2O2/c1-10(7-11(2)15)5-6-20-9-14(19)18-13-4-3-12(16)8-17-13/h3-4,7-8H,2,5-6,9H2,1H3,(H,17,18,19)/b10-7+. The Bertz CT molecular complexity index is 500. The lowest BCUT2D eigenvalue weighted by Crippen LogP contribution is -2.19. The van der Waals surface area contributed by atoms with E-state index in [0.717, 1.165) is 16.5 Å². The molecule has 1 aromatic rings. The SMILES string of the molecule is C=C(Br)/C=C(\C)CCOCC(=O)Nc1ccc(Cl)cn1. The Morgan fingerprint density at radius 2 is 2.35 bits per heavy atom. The maximum atomic E-state index is 11.6. The molecular formula is C14H16BrClN2O2. The molecule has 6 heteroatoms. The number of hydrogen-bond acceptors (Lipinski definition) is 3. The van der Waals surface area contributed by atoms with Crippen LogP contribution in [0.1, 0.15) is 13.3 Å². The van der Waals surface area contributed by atoms with Crippen molar-refractivity contribution >= 4 is 39.3 Å². The molecule has 0 fully saturated rings. The van der Waals surface area contributed by atoms with E-state index >= 15 is 0 Å². The zero-order valence-corrected chi connectivity index (χ0v) is 13.5. The van der Waals surface area contributed by atoms with E-state index in [0.29, 0.717) is 17.4 Å². The van der Waals surface area contributed by atoms with E-state index in [9.17, 15) is 4.79 Å². The molecular weight excluding hydrogens is 344 g/mol. The molecule has 1 N–H and O–H groups in total. The van der Waals surface area contributed by atoms with Crippen LogP contribution in [0.3, 0.4) is 0 Å². The molecule has 0 spiro atoms. The van der Waals surface area contributed by atoms with Crippen LogP contribution in [-0.2, 0) is 9.53 Å². The summed E-state index contributed by atoms with van der Waals surface area (Å²) in [6, 6.07) is 3.29. The van der Waals surface area contributed by atoms with Crippen LogP contribution in [-0.4, -0.2) is 24.1 Å². The fraction of sp³-hybridized carbons (Fsp3) is 0.286. The number of halogens is 2. The van der Waals surface area contributed by atoms with Crippen LogP contribution in [0.15, 0.2) is 41.0 Å². The lowest BCUT2D eigenvalue weighted by atomic mass is 10.2. The van der Waals surface area contributed by atoms with Gasteiger partial charge < -0.3 is 10.1 Å². The Labute approximate surface area is 132 Å². The summed E-state index contributed by atoms with van der Waals surface area (Å²) in [6.07, 6.45) is 4.14. The molecule has 0 aliphatic rings. The van der Waals surface area contributed by atoms with Gasteiger partial charge in [-0.2, -0.15) is 0 Å². The summed E-state index contributed by atoms with van der Waals surface area (Å²) in [5, 5.41) is 3.14. The maximum absolute atomic E-state index is 11.6. The minimum atomic E-state index is -0.244. The molecule has 0 saturated heterocycles. The largest absolute Gasteiger partial charge is 0.371 e. The number of rotatable bonds is 7. The lowest BCUT2D eigenvalue weighted by molar-refractivity contribution is -0.120. The molecule has 0 aliphatic carbocycles. The van der Waals surface area contributed by atoms with Gasteiger partial charge in [-0.15, -0.1) is 0 Å². The number of allylic oxidation sites excluding steroid dienone is 2. The van der Waals surface area contributed by atoms with Crippen molar-refractivity contribution in [2.45, 2.75) is 13.3 Å². The van der Waals surface area contributed by atoms with Gasteiger partial charge in [0.2, 0.25) is 0 Å². The monoisotopic (exact) mass is 358 g/mol. The molecule has 20 heavy (non-hydrogen) atoms. The number of ether oxygens (including phenoxy) is 1. The third kappa shape index (κ3) is 7.43.